The average molecular weight is 306 g/mol. The van der Waals surface area contributed by atoms with E-state index < -0.39 is 0 Å². The Morgan fingerprint density at radius 3 is 2.57 bits per heavy atom. The highest BCUT2D eigenvalue weighted by Crippen LogP contribution is 2.18. The Morgan fingerprint density at radius 2 is 1.78 bits per heavy atom. The van der Waals surface area contributed by atoms with Gasteiger partial charge in [-0.3, -0.25) is 9.89 Å². The second kappa shape index (κ2) is 5.76. The normalized spacial score (nSPS) is 15.1. The van der Waals surface area contributed by atoms with Crippen molar-refractivity contribution in [3.8, 4) is 0 Å². The molecule has 1 fully saturated rings. The molecule has 0 unspecified atom stereocenters. The van der Waals surface area contributed by atoms with Crippen molar-refractivity contribution in [2.75, 3.05) is 31.1 Å². The van der Waals surface area contributed by atoms with Crippen molar-refractivity contribution in [3.63, 3.8) is 0 Å². The number of nitrogens with one attached hydrogen (secondary N) is 1. The third-order valence-electron chi connectivity index (χ3n) is 4.38. The van der Waals surface area contributed by atoms with E-state index in [0.717, 1.165) is 42.6 Å². The van der Waals surface area contributed by atoms with E-state index in [2.05, 4.69) is 27.2 Å². The maximum atomic E-state index is 12.7. The first-order chi connectivity index (χ1) is 11.3. The number of para-hydroxylation sites is 1. The van der Waals surface area contributed by atoms with Gasteiger partial charge >= 0.3 is 0 Å². The summed E-state index contributed by atoms with van der Waals surface area (Å²) in [5, 5.41) is 7.94. The topological polar surface area (TPSA) is 52.2 Å². The van der Waals surface area contributed by atoms with Gasteiger partial charge in [-0.05, 0) is 24.3 Å². The molecule has 0 spiro atoms. The first-order valence-electron chi connectivity index (χ1n) is 7.84. The van der Waals surface area contributed by atoms with E-state index in [-0.39, 0.29) is 5.91 Å². The van der Waals surface area contributed by atoms with Gasteiger partial charge in [0.1, 0.15) is 0 Å². The number of hydrogen-bond acceptors (Lipinski definition) is 3. The number of nitrogens with zero attached hydrogens (tertiary/aromatic N) is 3. The number of fused-ring (bicyclic) bond motifs is 1. The number of aromatic amines is 1. The van der Waals surface area contributed by atoms with E-state index in [1.54, 1.807) is 6.20 Å². The number of H-pyrrole nitrogens is 1. The summed E-state index contributed by atoms with van der Waals surface area (Å²) < 4.78 is 0. The van der Waals surface area contributed by atoms with E-state index in [4.69, 9.17) is 0 Å². The molecule has 5 nitrogen and oxygen atoms in total. The molecule has 1 aromatic heterocycles. The van der Waals surface area contributed by atoms with Crippen LogP contribution < -0.4 is 4.90 Å². The molecule has 1 N–H and O–H groups in total. The molecule has 2 heterocycles. The zero-order chi connectivity index (χ0) is 15.6. The van der Waals surface area contributed by atoms with Gasteiger partial charge in [0.05, 0.1) is 11.7 Å². The molecule has 5 heteroatoms. The van der Waals surface area contributed by atoms with Crippen LogP contribution in [0.2, 0.25) is 0 Å². The van der Waals surface area contributed by atoms with E-state index in [1.807, 2.05) is 41.3 Å². The highest BCUT2D eigenvalue weighted by Gasteiger charge is 2.22. The number of piperazine rings is 1. The number of carbonyl (C=O) groups is 1. The van der Waals surface area contributed by atoms with Crippen LogP contribution in [0.4, 0.5) is 5.69 Å². The Morgan fingerprint density at radius 1 is 1.00 bits per heavy atom. The van der Waals surface area contributed by atoms with Crippen LogP contribution in [-0.4, -0.2) is 47.2 Å². The second-order valence-electron chi connectivity index (χ2n) is 5.79. The molecule has 1 amide bonds. The van der Waals surface area contributed by atoms with Crippen molar-refractivity contribution in [1.29, 1.82) is 0 Å². The SMILES string of the molecule is O=C(c1ccc2cn[nH]c2c1)N1CCN(c2ccccc2)CC1. The van der Waals surface area contributed by atoms with E-state index >= 15 is 0 Å². The zero-order valence-electron chi connectivity index (χ0n) is 12.8. The maximum absolute atomic E-state index is 12.7. The molecule has 3 aromatic rings. The van der Waals surface area contributed by atoms with Gasteiger partial charge in [0.15, 0.2) is 0 Å². The lowest BCUT2D eigenvalue weighted by molar-refractivity contribution is 0.0747. The molecule has 1 saturated heterocycles. The van der Waals surface area contributed by atoms with Gasteiger partial charge in [-0.25, -0.2) is 0 Å². The van der Waals surface area contributed by atoms with Crippen LogP contribution >= 0.6 is 0 Å². The smallest absolute Gasteiger partial charge is 0.254 e. The largest absolute Gasteiger partial charge is 0.368 e. The zero-order valence-corrected chi connectivity index (χ0v) is 12.8. The average Bonchev–Trinajstić information content (AvgIpc) is 3.10. The lowest BCUT2D eigenvalue weighted by Gasteiger charge is -2.36. The maximum Gasteiger partial charge on any atom is 0.254 e. The summed E-state index contributed by atoms with van der Waals surface area (Å²) in [4.78, 5) is 16.9. The third-order valence-corrected chi connectivity index (χ3v) is 4.38. The number of rotatable bonds is 2. The van der Waals surface area contributed by atoms with E-state index in [1.165, 1.54) is 5.69 Å². The summed E-state index contributed by atoms with van der Waals surface area (Å²) >= 11 is 0. The van der Waals surface area contributed by atoms with Gasteiger partial charge in [0, 0.05) is 42.8 Å². The van der Waals surface area contributed by atoms with Crippen molar-refractivity contribution >= 4 is 22.5 Å². The minimum atomic E-state index is 0.0919. The molecular weight excluding hydrogens is 288 g/mol. The number of anilines is 1. The monoisotopic (exact) mass is 306 g/mol. The van der Waals surface area contributed by atoms with Crippen molar-refractivity contribution < 1.29 is 4.79 Å². The van der Waals surface area contributed by atoms with Crippen molar-refractivity contribution in [1.82, 2.24) is 15.1 Å². The fourth-order valence-corrected chi connectivity index (χ4v) is 3.06. The van der Waals surface area contributed by atoms with Gasteiger partial charge in [-0.2, -0.15) is 5.10 Å². The minimum Gasteiger partial charge on any atom is -0.368 e. The summed E-state index contributed by atoms with van der Waals surface area (Å²) in [5.74, 6) is 0.0919. The van der Waals surface area contributed by atoms with Crippen LogP contribution in [0.15, 0.2) is 54.7 Å². The van der Waals surface area contributed by atoms with E-state index in [9.17, 15) is 4.79 Å². The molecule has 23 heavy (non-hydrogen) atoms. The Bertz CT molecular complexity index is 819. The Labute approximate surface area is 134 Å². The summed E-state index contributed by atoms with van der Waals surface area (Å²) in [6.45, 7) is 3.22. The molecule has 0 bridgehead atoms. The van der Waals surface area contributed by atoms with Gasteiger partial charge in [-0.1, -0.05) is 24.3 Å². The van der Waals surface area contributed by atoms with Crippen LogP contribution in [0.3, 0.4) is 0 Å². The summed E-state index contributed by atoms with van der Waals surface area (Å²) in [7, 11) is 0. The molecule has 1 aliphatic heterocycles. The van der Waals surface area contributed by atoms with Gasteiger partial charge < -0.3 is 9.80 Å². The van der Waals surface area contributed by atoms with Gasteiger partial charge in [0.2, 0.25) is 0 Å². The molecule has 0 aliphatic carbocycles. The molecule has 0 saturated carbocycles. The third kappa shape index (κ3) is 2.65. The molecule has 4 rings (SSSR count). The first kappa shape index (κ1) is 13.8. The fourth-order valence-electron chi connectivity index (χ4n) is 3.06. The summed E-state index contributed by atoms with van der Waals surface area (Å²) in [6.07, 6.45) is 1.77. The first-order valence-corrected chi connectivity index (χ1v) is 7.84. The van der Waals surface area contributed by atoms with E-state index in [0.29, 0.717) is 0 Å². The van der Waals surface area contributed by atoms with Crippen LogP contribution in [-0.2, 0) is 0 Å². The van der Waals surface area contributed by atoms with Crippen LogP contribution in [0.5, 0.6) is 0 Å². The molecule has 1 aliphatic rings. The molecule has 116 valence electrons. The molecule has 2 aromatic carbocycles. The van der Waals surface area contributed by atoms with Crippen molar-refractivity contribution in [2.45, 2.75) is 0 Å². The number of carbonyl (C=O) groups excluding carboxylic acids is 1. The van der Waals surface area contributed by atoms with Crippen LogP contribution in [0.25, 0.3) is 10.9 Å². The molecule has 0 radical (unpaired) electrons. The number of benzene rings is 2. The number of hydrogen-bond donors (Lipinski definition) is 1. The standard InChI is InChI=1S/C18H18N4O/c23-18(14-6-7-15-13-19-20-17(15)12-14)22-10-8-21(9-11-22)16-4-2-1-3-5-16/h1-7,12-13H,8-11H2,(H,19,20). The molecule has 0 atom stereocenters. The van der Waals surface area contributed by atoms with Gasteiger partial charge in [-0.15, -0.1) is 0 Å². The lowest BCUT2D eigenvalue weighted by Crippen LogP contribution is -2.48. The van der Waals surface area contributed by atoms with Crippen molar-refractivity contribution in [2.24, 2.45) is 0 Å². The highest BCUT2D eigenvalue weighted by molar-refractivity contribution is 5.97. The minimum absolute atomic E-state index is 0.0919. The summed E-state index contributed by atoms with van der Waals surface area (Å²) in [5.41, 5.74) is 2.84. The Balaban J connectivity index is 1.46. The van der Waals surface area contributed by atoms with Gasteiger partial charge in [0.25, 0.3) is 5.91 Å². The van der Waals surface area contributed by atoms with Crippen LogP contribution in [0, 0.1) is 0 Å². The van der Waals surface area contributed by atoms with Crippen LogP contribution in [0.1, 0.15) is 10.4 Å². The number of amides is 1. The van der Waals surface area contributed by atoms with Crippen molar-refractivity contribution in [3.05, 3.63) is 60.3 Å². The second-order valence-corrected chi connectivity index (χ2v) is 5.79. The quantitative estimate of drug-likeness (QED) is 0.791. The lowest BCUT2D eigenvalue weighted by atomic mass is 10.1. The highest BCUT2D eigenvalue weighted by atomic mass is 16.2. The molecular formula is C18H18N4O. The predicted octanol–water partition coefficient (Wildman–Crippen LogP) is 2.53. The fraction of sp³-hybridized carbons (Fsp3) is 0.222. The predicted molar refractivity (Wildman–Crippen MR) is 90.7 cm³/mol. The summed E-state index contributed by atoms with van der Waals surface area (Å²) in [6, 6.07) is 16.0. The Hall–Kier alpha value is -2.82. The Kier molecular flexibility index (Phi) is 3.46. The number of aromatic nitrogens is 2.